The molecule has 8 rings (SSSR count). The summed E-state index contributed by atoms with van der Waals surface area (Å²) in [7, 11) is 0. The number of hydrogen-bond donors (Lipinski definition) is 0. The fourth-order valence-corrected chi connectivity index (χ4v) is 6.12. The van der Waals surface area contributed by atoms with E-state index >= 15 is 0 Å². The molecule has 7 aromatic carbocycles. The minimum atomic E-state index is 0.642. The van der Waals surface area contributed by atoms with Crippen LogP contribution in [0.25, 0.3) is 78.0 Å². The van der Waals surface area contributed by atoms with E-state index in [1.54, 1.807) is 0 Å². The molecule has 0 saturated carbocycles. The van der Waals surface area contributed by atoms with Crippen LogP contribution in [0.1, 0.15) is 11.1 Å². The van der Waals surface area contributed by atoms with E-state index in [9.17, 15) is 0 Å². The maximum atomic E-state index is 5.15. The summed E-state index contributed by atoms with van der Waals surface area (Å²) in [5.74, 6) is 1.95. The quantitative estimate of drug-likeness (QED) is 0.200. The van der Waals surface area contributed by atoms with Gasteiger partial charge in [0, 0.05) is 16.7 Å². The normalized spacial score (nSPS) is 11.3. The summed E-state index contributed by atoms with van der Waals surface area (Å²) < 4.78 is 0. The maximum Gasteiger partial charge on any atom is 0.164 e. The van der Waals surface area contributed by atoms with Gasteiger partial charge in [0.15, 0.2) is 17.5 Å². The highest BCUT2D eigenvalue weighted by molar-refractivity contribution is 5.89. The molecule has 1 heterocycles. The van der Waals surface area contributed by atoms with Gasteiger partial charge in [-0.1, -0.05) is 132 Å². The van der Waals surface area contributed by atoms with Gasteiger partial charge in [-0.2, -0.15) is 0 Å². The molecule has 0 spiro atoms. The minimum absolute atomic E-state index is 0.642. The lowest BCUT2D eigenvalue weighted by Crippen LogP contribution is -2.01. The molecule has 3 heteroatoms. The highest BCUT2D eigenvalue weighted by atomic mass is 15.0. The second kappa shape index (κ2) is 11.5. The third kappa shape index (κ3) is 5.44. The summed E-state index contributed by atoms with van der Waals surface area (Å²) in [5.41, 5.74) is 9.82. The van der Waals surface area contributed by atoms with Crippen molar-refractivity contribution < 1.29 is 0 Å². The molecular weight excluding hydrogens is 558 g/mol. The number of benzene rings is 7. The number of rotatable bonds is 5. The molecule has 0 saturated heterocycles. The lowest BCUT2D eigenvalue weighted by Gasteiger charge is -2.13. The zero-order chi connectivity index (χ0) is 31.0. The van der Waals surface area contributed by atoms with Gasteiger partial charge in [-0.3, -0.25) is 0 Å². The summed E-state index contributed by atoms with van der Waals surface area (Å²) in [4.78, 5) is 15.4. The van der Waals surface area contributed by atoms with Crippen molar-refractivity contribution >= 4 is 21.5 Å². The number of nitrogens with zero attached hydrogens (tertiary/aromatic N) is 3. The van der Waals surface area contributed by atoms with E-state index in [1.807, 2.05) is 12.1 Å². The molecule has 0 amide bonds. The Morgan fingerprint density at radius 2 is 0.674 bits per heavy atom. The Morgan fingerprint density at radius 3 is 1.13 bits per heavy atom. The molecular formula is C43H31N3. The summed E-state index contributed by atoms with van der Waals surface area (Å²) in [6.07, 6.45) is 0. The number of aryl methyl sites for hydroxylation is 2. The summed E-state index contributed by atoms with van der Waals surface area (Å²) in [5, 5.41) is 4.72. The van der Waals surface area contributed by atoms with Crippen molar-refractivity contribution in [1.29, 1.82) is 0 Å². The molecule has 0 aliphatic heterocycles. The molecule has 0 unspecified atom stereocenters. The van der Waals surface area contributed by atoms with Crippen LogP contribution in [-0.4, -0.2) is 15.0 Å². The number of hydrogen-bond acceptors (Lipinski definition) is 3. The third-order valence-corrected chi connectivity index (χ3v) is 8.55. The van der Waals surface area contributed by atoms with Crippen molar-refractivity contribution in [3.63, 3.8) is 0 Å². The fourth-order valence-electron chi connectivity index (χ4n) is 6.12. The molecule has 46 heavy (non-hydrogen) atoms. The topological polar surface area (TPSA) is 38.7 Å². The maximum absolute atomic E-state index is 5.15. The lowest BCUT2D eigenvalue weighted by molar-refractivity contribution is 1.08. The second-order valence-electron chi connectivity index (χ2n) is 12.0. The third-order valence-electron chi connectivity index (χ3n) is 8.55. The van der Waals surface area contributed by atoms with Gasteiger partial charge < -0.3 is 0 Å². The Morgan fingerprint density at radius 1 is 0.283 bits per heavy atom. The van der Waals surface area contributed by atoms with Crippen molar-refractivity contribution in [2.45, 2.75) is 13.8 Å². The second-order valence-corrected chi connectivity index (χ2v) is 12.0. The van der Waals surface area contributed by atoms with E-state index in [1.165, 1.54) is 32.7 Å². The van der Waals surface area contributed by atoms with Crippen molar-refractivity contribution in [2.24, 2.45) is 0 Å². The SMILES string of the molecule is Cc1ccc2ccc(-c3nc(-c4cc(-c5ccccc5)cc(-c5ccccc5)c4)nc(-c4ccc5ccc(C)cc5c4)n3)cc2c1. The predicted octanol–water partition coefficient (Wildman–Crippen LogP) is 11.1. The first-order valence-electron chi connectivity index (χ1n) is 15.6. The van der Waals surface area contributed by atoms with Crippen LogP contribution in [0.2, 0.25) is 0 Å². The van der Waals surface area contributed by atoms with Crippen LogP contribution in [0.4, 0.5) is 0 Å². The highest BCUT2D eigenvalue weighted by Crippen LogP contribution is 2.34. The van der Waals surface area contributed by atoms with Gasteiger partial charge in [0.2, 0.25) is 0 Å². The molecule has 0 aliphatic carbocycles. The Hall–Kier alpha value is -5.93. The van der Waals surface area contributed by atoms with Crippen LogP contribution < -0.4 is 0 Å². The largest absolute Gasteiger partial charge is 0.208 e. The Labute approximate surface area is 268 Å². The van der Waals surface area contributed by atoms with Crippen LogP contribution in [0.15, 0.2) is 152 Å². The van der Waals surface area contributed by atoms with Crippen LogP contribution in [-0.2, 0) is 0 Å². The van der Waals surface area contributed by atoms with Gasteiger partial charge in [0.05, 0.1) is 0 Å². The molecule has 1 aromatic heterocycles. The van der Waals surface area contributed by atoms with Crippen molar-refractivity contribution in [1.82, 2.24) is 15.0 Å². The highest BCUT2D eigenvalue weighted by Gasteiger charge is 2.16. The van der Waals surface area contributed by atoms with Crippen LogP contribution in [0, 0.1) is 13.8 Å². The summed E-state index contributed by atoms with van der Waals surface area (Å²) in [6.45, 7) is 4.24. The molecule has 3 nitrogen and oxygen atoms in total. The Kier molecular flexibility index (Phi) is 6.92. The summed E-state index contributed by atoms with van der Waals surface area (Å²) in [6, 6.07) is 53.5. The van der Waals surface area contributed by atoms with E-state index in [4.69, 9.17) is 15.0 Å². The molecule has 0 bridgehead atoms. The number of fused-ring (bicyclic) bond motifs is 2. The Balaban J connectivity index is 1.36. The minimum Gasteiger partial charge on any atom is -0.208 e. The molecule has 218 valence electrons. The zero-order valence-corrected chi connectivity index (χ0v) is 25.8. The standard InChI is InChI=1S/C43H31N3/c1-28-13-15-32-17-19-34(23-36(32)21-28)41-44-42(35-20-18-33-16-14-29(2)22-37(33)24-35)46-43(45-41)40-26-38(30-9-5-3-6-10-30)25-39(27-40)31-11-7-4-8-12-31/h3-27H,1-2H3. The zero-order valence-electron chi connectivity index (χ0n) is 25.8. The van der Waals surface area contributed by atoms with Crippen molar-refractivity contribution in [2.75, 3.05) is 0 Å². The first-order chi connectivity index (χ1) is 22.6. The van der Waals surface area contributed by atoms with Crippen LogP contribution in [0.3, 0.4) is 0 Å². The van der Waals surface area contributed by atoms with Crippen LogP contribution >= 0.6 is 0 Å². The first-order valence-corrected chi connectivity index (χ1v) is 15.6. The summed E-state index contributed by atoms with van der Waals surface area (Å²) >= 11 is 0. The molecule has 0 N–H and O–H groups in total. The van der Waals surface area contributed by atoms with Crippen molar-refractivity contribution in [3.8, 4) is 56.4 Å². The number of aromatic nitrogens is 3. The smallest absolute Gasteiger partial charge is 0.164 e. The van der Waals surface area contributed by atoms with Gasteiger partial charge >= 0.3 is 0 Å². The van der Waals surface area contributed by atoms with Gasteiger partial charge in [0.1, 0.15) is 0 Å². The van der Waals surface area contributed by atoms with Gasteiger partial charge in [-0.05, 0) is 88.0 Å². The Bertz CT molecular complexity index is 2220. The van der Waals surface area contributed by atoms with Crippen molar-refractivity contribution in [3.05, 3.63) is 163 Å². The van der Waals surface area contributed by atoms with Gasteiger partial charge in [-0.15, -0.1) is 0 Å². The van der Waals surface area contributed by atoms with Gasteiger partial charge in [0.25, 0.3) is 0 Å². The molecule has 0 fully saturated rings. The predicted molar refractivity (Wildman–Crippen MR) is 191 cm³/mol. The van der Waals surface area contributed by atoms with E-state index < -0.39 is 0 Å². The monoisotopic (exact) mass is 589 g/mol. The molecule has 0 aliphatic rings. The average molecular weight is 590 g/mol. The molecule has 0 radical (unpaired) electrons. The van der Waals surface area contributed by atoms with E-state index in [-0.39, 0.29) is 0 Å². The molecule has 8 aromatic rings. The van der Waals surface area contributed by atoms with E-state index in [0.29, 0.717) is 17.5 Å². The molecule has 0 atom stereocenters. The first kappa shape index (κ1) is 27.6. The lowest BCUT2D eigenvalue weighted by atomic mass is 9.96. The van der Waals surface area contributed by atoms with Gasteiger partial charge in [-0.25, -0.2) is 15.0 Å². The fraction of sp³-hybridized carbons (Fsp3) is 0.0465. The van der Waals surface area contributed by atoms with E-state index in [2.05, 4.69) is 153 Å². The van der Waals surface area contributed by atoms with Crippen LogP contribution in [0.5, 0.6) is 0 Å². The average Bonchev–Trinajstić information content (AvgIpc) is 3.11. The van der Waals surface area contributed by atoms with E-state index in [0.717, 1.165) is 38.9 Å².